The number of ether oxygens (including phenoxy) is 1. The normalized spacial score (nSPS) is 9.69. The first-order valence-corrected chi connectivity index (χ1v) is 4.48. The Bertz CT molecular complexity index is 304. The Morgan fingerprint density at radius 1 is 1.69 bits per heavy atom. The Morgan fingerprint density at radius 3 is 3.08 bits per heavy atom. The lowest BCUT2D eigenvalue weighted by Crippen LogP contribution is -2.16. The van der Waals surface area contributed by atoms with Crippen LogP contribution in [0.4, 0.5) is 0 Å². The number of hydrogen-bond acceptors (Lipinski definition) is 4. The van der Waals surface area contributed by atoms with Crippen molar-refractivity contribution in [2.24, 2.45) is 5.73 Å². The summed E-state index contributed by atoms with van der Waals surface area (Å²) in [6.07, 6.45) is 1.64. The molecule has 0 aliphatic carbocycles. The Morgan fingerprint density at radius 2 is 2.46 bits per heavy atom. The van der Waals surface area contributed by atoms with E-state index in [1.807, 2.05) is 6.07 Å². The van der Waals surface area contributed by atoms with E-state index in [1.54, 1.807) is 12.3 Å². The van der Waals surface area contributed by atoms with Crippen molar-refractivity contribution in [1.82, 2.24) is 4.98 Å². The van der Waals surface area contributed by atoms with Crippen molar-refractivity contribution >= 4 is 21.9 Å². The topological polar surface area (TPSA) is 65.2 Å². The summed E-state index contributed by atoms with van der Waals surface area (Å²) in [5, 5.41) is 0. The first-order chi connectivity index (χ1) is 6.24. The Hall–Kier alpha value is -0.940. The van der Waals surface area contributed by atoms with Crippen molar-refractivity contribution in [3.63, 3.8) is 0 Å². The number of carbonyl (C=O) groups is 1. The van der Waals surface area contributed by atoms with Gasteiger partial charge in [0.2, 0.25) is 0 Å². The second kappa shape index (κ2) is 4.94. The van der Waals surface area contributed by atoms with Gasteiger partial charge in [-0.15, -0.1) is 0 Å². The summed E-state index contributed by atoms with van der Waals surface area (Å²) in [7, 11) is 0. The molecule has 0 amide bonds. The molecule has 1 aromatic heterocycles. The molecule has 1 aromatic rings. The zero-order chi connectivity index (χ0) is 9.68. The van der Waals surface area contributed by atoms with Crippen molar-refractivity contribution in [2.45, 2.75) is 6.61 Å². The van der Waals surface area contributed by atoms with Crippen molar-refractivity contribution in [1.29, 1.82) is 0 Å². The maximum atomic E-state index is 10.7. The molecule has 0 unspecified atom stereocenters. The lowest BCUT2D eigenvalue weighted by molar-refractivity contribution is -0.143. The summed E-state index contributed by atoms with van der Waals surface area (Å²) >= 11 is 3.28. The fourth-order valence-corrected chi connectivity index (χ4v) is 1.10. The standard InChI is InChI=1S/C8H9BrN2O2/c9-6-2-1-3-11-7(6)5-13-8(12)4-10/h1-3H,4-5,10H2. The molecule has 0 saturated carbocycles. The Balaban J connectivity index is 2.54. The lowest BCUT2D eigenvalue weighted by atomic mass is 10.4. The van der Waals surface area contributed by atoms with E-state index in [9.17, 15) is 4.79 Å². The van der Waals surface area contributed by atoms with Gasteiger partial charge < -0.3 is 10.5 Å². The molecule has 0 atom stereocenters. The maximum Gasteiger partial charge on any atom is 0.320 e. The fourth-order valence-electron chi connectivity index (χ4n) is 0.732. The third-order valence-electron chi connectivity index (χ3n) is 1.37. The smallest absolute Gasteiger partial charge is 0.320 e. The van der Waals surface area contributed by atoms with E-state index in [4.69, 9.17) is 10.5 Å². The van der Waals surface area contributed by atoms with E-state index in [1.165, 1.54) is 0 Å². The SMILES string of the molecule is NCC(=O)OCc1ncccc1Br. The van der Waals surface area contributed by atoms with Gasteiger partial charge in [0.25, 0.3) is 0 Å². The first kappa shape index (κ1) is 10.1. The average Bonchev–Trinajstić information content (AvgIpc) is 2.16. The van der Waals surface area contributed by atoms with E-state index in [0.717, 1.165) is 4.47 Å². The van der Waals surface area contributed by atoms with Crippen LogP contribution >= 0.6 is 15.9 Å². The predicted octanol–water partition coefficient (Wildman–Crippen LogP) is 0.846. The van der Waals surface area contributed by atoms with Crippen LogP contribution in [0.1, 0.15) is 5.69 Å². The van der Waals surface area contributed by atoms with Crippen LogP contribution in [0.25, 0.3) is 0 Å². The molecular formula is C8H9BrN2O2. The molecule has 13 heavy (non-hydrogen) atoms. The van der Waals surface area contributed by atoms with Crippen LogP contribution < -0.4 is 5.73 Å². The zero-order valence-electron chi connectivity index (χ0n) is 6.87. The molecule has 2 N–H and O–H groups in total. The van der Waals surface area contributed by atoms with Gasteiger partial charge in [-0.05, 0) is 28.1 Å². The van der Waals surface area contributed by atoms with Gasteiger partial charge in [0, 0.05) is 10.7 Å². The molecule has 0 fully saturated rings. The molecule has 1 heterocycles. The van der Waals surface area contributed by atoms with Crippen molar-refractivity contribution in [3.8, 4) is 0 Å². The lowest BCUT2D eigenvalue weighted by Gasteiger charge is -2.03. The van der Waals surface area contributed by atoms with Crippen LogP contribution in [0, 0.1) is 0 Å². The number of nitrogens with two attached hydrogens (primary N) is 1. The first-order valence-electron chi connectivity index (χ1n) is 3.69. The highest BCUT2D eigenvalue weighted by molar-refractivity contribution is 9.10. The van der Waals surface area contributed by atoms with Gasteiger partial charge in [-0.2, -0.15) is 0 Å². The van der Waals surface area contributed by atoms with Gasteiger partial charge in [-0.3, -0.25) is 9.78 Å². The van der Waals surface area contributed by atoms with Gasteiger partial charge in [0.05, 0.1) is 12.2 Å². The quantitative estimate of drug-likeness (QED) is 0.801. The monoisotopic (exact) mass is 244 g/mol. The number of hydrogen-bond donors (Lipinski definition) is 1. The molecule has 5 heteroatoms. The minimum absolute atomic E-state index is 0.107. The zero-order valence-corrected chi connectivity index (χ0v) is 8.45. The molecule has 0 aliphatic rings. The molecule has 0 saturated heterocycles. The van der Waals surface area contributed by atoms with Crippen molar-refractivity contribution in [2.75, 3.05) is 6.54 Å². The molecule has 4 nitrogen and oxygen atoms in total. The van der Waals surface area contributed by atoms with Gasteiger partial charge in [0.1, 0.15) is 6.61 Å². The maximum absolute atomic E-state index is 10.7. The molecule has 0 aliphatic heterocycles. The second-order valence-electron chi connectivity index (χ2n) is 2.30. The largest absolute Gasteiger partial charge is 0.458 e. The molecular weight excluding hydrogens is 236 g/mol. The predicted molar refractivity (Wildman–Crippen MR) is 50.8 cm³/mol. The number of pyridine rings is 1. The Kier molecular flexibility index (Phi) is 3.85. The number of rotatable bonds is 3. The number of aromatic nitrogens is 1. The van der Waals surface area contributed by atoms with Gasteiger partial charge in [-0.1, -0.05) is 0 Å². The third kappa shape index (κ3) is 3.12. The summed E-state index contributed by atoms with van der Waals surface area (Å²) in [6.45, 7) is 0.0436. The summed E-state index contributed by atoms with van der Waals surface area (Å²) in [4.78, 5) is 14.7. The minimum Gasteiger partial charge on any atom is -0.458 e. The van der Waals surface area contributed by atoms with Gasteiger partial charge in [0.15, 0.2) is 0 Å². The second-order valence-corrected chi connectivity index (χ2v) is 3.15. The third-order valence-corrected chi connectivity index (χ3v) is 2.09. The highest BCUT2D eigenvalue weighted by Crippen LogP contribution is 2.13. The number of halogens is 1. The highest BCUT2D eigenvalue weighted by Gasteiger charge is 2.03. The molecule has 0 bridgehead atoms. The van der Waals surface area contributed by atoms with Crippen molar-refractivity contribution < 1.29 is 9.53 Å². The van der Waals surface area contributed by atoms with Crippen LogP contribution in [-0.4, -0.2) is 17.5 Å². The van der Waals surface area contributed by atoms with E-state index < -0.39 is 5.97 Å². The minimum atomic E-state index is -0.433. The molecule has 0 spiro atoms. The summed E-state index contributed by atoms with van der Waals surface area (Å²) in [5.74, 6) is -0.433. The molecule has 0 aromatic carbocycles. The van der Waals surface area contributed by atoms with Gasteiger partial charge in [-0.25, -0.2) is 0 Å². The average molecular weight is 245 g/mol. The van der Waals surface area contributed by atoms with E-state index >= 15 is 0 Å². The van der Waals surface area contributed by atoms with E-state index in [0.29, 0.717) is 5.69 Å². The number of carbonyl (C=O) groups excluding carboxylic acids is 1. The molecule has 0 radical (unpaired) electrons. The van der Waals surface area contributed by atoms with Crippen LogP contribution in [0.2, 0.25) is 0 Å². The molecule has 70 valence electrons. The Labute approximate surface area is 84.2 Å². The van der Waals surface area contributed by atoms with Crippen LogP contribution in [-0.2, 0) is 16.1 Å². The summed E-state index contributed by atoms with van der Waals surface area (Å²) in [5.41, 5.74) is 5.75. The fraction of sp³-hybridized carbons (Fsp3) is 0.250. The number of nitrogens with zero attached hydrogens (tertiary/aromatic N) is 1. The van der Waals surface area contributed by atoms with E-state index in [-0.39, 0.29) is 13.2 Å². The van der Waals surface area contributed by atoms with Crippen molar-refractivity contribution in [3.05, 3.63) is 28.5 Å². The number of esters is 1. The van der Waals surface area contributed by atoms with E-state index in [2.05, 4.69) is 20.9 Å². The summed E-state index contributed by atoms with van der Waals surface area (Å²) < 4.78 is 5.62. The summed E-state index contributed by atoms with van der Waals surface area (Å²) in [6, 6.07) is 3.62. The van der Waals surface area contributed by atoms with Gasteiger partial charge >= 0.3 is 5.97 Å². The van der Waals surface area contributed by atoms with Crippen LogP contribution in [0.15, 0.2) is 22.8 Å². The van der Waals surface area contributed by atoms with Crippen LogP contribution in [0.3, 0.4) is 0 Å². The van der Waals surface area contributed by atoms with Crippen LogP contribution in [0.5, 0.6) is 0 Å². The highest BCUT2D eigenvalue weighted by atomic mass is 79.9. The molecule has 1 rings (SSSR count).